The van der Waals surface area contributed by atoms with Gasteiger partial charge in [0.2, 0.25) is 17.8 Å². The predicted octanol–water partition coefficient (Wildman–Crippen LogP) is 2.71. The molecule has 3 rings (SSSR count). The summed E-state index contributed by atoms with van der Waals surface area (Å²) in [5.41, 5.74) is 2.81. The molecule has 7 nitrogen and oxygen atoms in total. The maximum absolute atomic E-state index is 12.5. The molecule has 0 spiro atoms. The SMILES string of the molecule is CC(=O)NCC(=O)N1CCC[C@@H](c2nc(N(C)C)ncc2-c2cccc(Cl)c2)C1. The lowest BCUT2D eigenvalue weighted by Gasteiger charge is -2.33. The Labute approximate surface area is 176 Å². The second-order valence-electron chi connectivity index (χ2n) is 7.46. The highest BCUT2D eigenvalue weighted by Gasteiger charge is 2.28. The van der Waals surface area contributed by atoms with Crippen LogP contribution in [0.25, 0.3) is 11.1 Å². The summed E-state index contributed by atoms with van der Waals surface area (Å²) in [6, 6.07) is 7.64. The topological polar surface area (TPSA) is 78.4 Å². The molecule has 1 N–H and O–H groups in total. The van der Waals surface area contributed by atoms with E-state index in [1.54, 1.807) is 0 Å². The minimum atomic E-state index is -0.207. The Morgan fingerprint density at radius 2 is 2.14 bits per heavy atom. The maximum Gasteiger partial charge on any atom is 0.241 e. The van der Waals surface area contributed by atoms with Gasteiger partial charge in [0.25, 0.3) is 0 Å². The molecule has 0 saturated carbocycles. The molecule has 1 atom stereocenters. The highest BCUT2D eigenvalue weighted by atomic mass is 35.5. The minimum Gasteiger partial charge on any atom is -0.347 e. The lowest BCUT2D eigenvalue weighted by molar-refractivity contribution is -0.133. The van der Waals surface area contributed by atoms with Crippen molar-refractivity contribution in [3.63, 3.8) is 0 Å². The summed E-state index contributed by atoms with van der Waals surface area (Å²) in [6.45, 7) is 2.69. The summed E-state index contributed by atoms with van der Waals surface area (Å²) in [7, 11) is 3.81. The lowest BCUT2D eigenvalue weighted by atomic mass is 9.90. The number of aromatic nitrogens is 2. The Bertz CT molecular complexity index is 902. The van der Waals surface area contributed by atoms with Crippen LogP contribution in [0.3, 0.4) is 0 Å². The Hall–Kier alpha value is -2.67. The van der Waals surface area contributed by atoms with Crippen molar-refractivity contribution >= 4 is 29.4 Å². The molecule has 29 heavy (non-hydrogen) atoms. The number of piperidine rings is 1. The Balaban J connectivity index is 1.92. The van der Waals surface area contributed by atoms with Gasteiger partial charge < -0.3 is 15.1 Å². The van der Waals surface area contributed by atoms with Crippen molar-refractivity contribution in [3.8, 4) is 11.1 Å². The molecule has 2 amide bonds. The van der Waals surface area contributed by atoms with Gasteiger partial charge in [-0.3, -0.25) is 9.59 Å². The predicted molar refractivity (Wildman–Crippen MR) is 114 cm³/mol. The zero-order chi connectivity index (χ0) is 21.0. The molecule has 1 aliphatic heterocycles. The number of amides is 2. The molecule has 1 aromatic carbocycles. The van der Waals surface area contributed by atoms with E-state index < -0.39 is 0 Å². The van der Waals surface area contributed by atoms with Crippen LogP contribution in [0.4, 0.5) is 5.95 Å². The molecule has 0 bridgehead atoms. The average molecular weight is 416 g/mol. The number of nitrogens with one attached hydrogen (secondary N) is 1. The number of anilines is 1. The molecule has 0 aliphatic carbocycles. The van der Waals surface area contributed by atoms with Gasteiger partial charge in [-0.15, -0.1) is 0 Å². The van der Waals surface area contributed by atoms with Crippen LogP contribution < -0.4 is 10.2 Å². The van der Waals surface area contributed by atoms with E-state index in [9.17, 15) is 9.59 Å². The molecular formula is C21H26ClN5O2. The zero-order valence-corrected chi connectivity index (χ0v) is 17.7. The number of carbonyl (C=O) groups is 2. The van der Waals surface area contributed by atoms with E-state index in [2.05, 4.69) is 10.3 Å². The van der Waals surface area contributed by atoms with Gasteiger partial charge in [-0.05, 0) is 30.5 Å². The van der Waals surface area contributed by atoms with E-state index in [4.69, 9.17) is 16.6 Å². The van der Waals surface area contributed by atoms with Crippen molar-refractivity contribution in [2.45, 2.75) is 25.7 Å². The first-order valence-electron chi connectivity index (χ1n) is 9.67. The van der Waals surface area contributed by atoms with Crippen LogP contribution in [0.1, 0.15) is 31.4 Å². The number of hydrogen-bond acceptors (Lipinski definition) is 5. The molecule has 1 aliphatic rings. The number of likely N-dealkylation sites (tertiary alicyclic amines) is 1. The molecule has 2 heterocycles. The number of rotatable bonds is 5. The standard InChI is InChI=1S/C21H26ClN5O2/c1-14(28)23-12-19(29)27-9-5-7-16(13-27)20-18(11-24-21(25-20)26(2)3)15-6-4-8-17(22)10-15/h4,6,8,10-11,16H,5,7,9,12-13H2,1-3H3,(H,23,28)/t16-/m1/s1. The third kappa shape index (κ3) is 5.23. The molecule has 0 unspecified atom stereocenters. The van der Waals surface area contributed by atoms with Gasteiger partial charge in [-0.2, -0.15) is 0 Å². The van der Waals surface area contributed by atoms with Crippen LogP contribution in [0.2, 0.25) is 5.02 Å². The third-order valence-corrected chi connectivity index (χ3v) is 5.23. The van der Waals surface area contributed by atoms with Crippen molar-refractivity contribution in [3.05, 3.63) is 41.2 Å². The summed E-state index contributed by atoms with van der Waals surface area (Å²) >= 11 is 6.20. The van der Waals surface area contributed by atoms with Gasteiger partial charge in [-0.25, -0.2) is 9.97 Å². The van der Waals surface area contributed by atoms with Gasteiger partial charge in [0.1, 0.15) is 0 Å². The monoisotopic (exact) mass is 415 g/mol. The number of benzene rings is 1. The smallest absolute Gasteiger partial charge is 0.241 e. The largest absolute Gasteiger partial charge is 0.347 e. The summed E-state index contributed by atoms with van der Waals surface area (Å²) < 4.78 is 0. The van der Waals surface area contributed by atoms with Gasteiger partial charge in [0, 0.05) is 56.8 Å². The average Bonchev–Trinajstić information content (AvgIpc) is 2.71. The number of hydrogen-bond donors (Lipinski definition) is 1. The lowest BCUT2D eigenvalue weighted by Crippen LogP contribution is -2.44. The molecule has 2 aromatic rings. The molecule has 0 radical (unpaired) electrons. The van der Waals surface area contributed by atoms with E-state index in [1.165, 1.54) is 6.92 Å². The molecular weight excluding hydrogens is 390 g/mol. The first-order chi connectivity index (χ1) is 13.8. The maximum atomic E-state index is 12.5. The number of halogens is 1. The summed E-state index contributed by atoms with van der Waals surface area (Å²) in [5.74, 6) is 0.436. The fourth-order valence-electron chi connectivity index (χ4n) is 3.53. The first-order valence-corrected chi connectivity index (χ1v) is 10.1. The number of nitrogens with zero attached hydrogens (tertiary/aromatic N) is 4. The normalized spacial score (nSPS) is 16.4. The molecule has 1 fully saturated rings. The fraction of sp³-hybridized carbons (Fsp3) is 0.429. The highest BCUT2D eigenvalue weighted by molar-refractivity contribution is 6.30. The molecule has 1 saturated heterocycles. The van der Waals surface area contributed by atoms with Crippen molar-refractivity contribution in [1.82, 2.24) is 20.2 Å². The quantitative estimate of drug-likeness (QED) is 0.812. The van der Waals surface area contributed by atoms with E-state index in [0.29, 0.717) is 24.1 Å². The van der Waals surface area contributed by atoms with Gasteiger partial charge in [0.05, 0.1) is 12.2 Å². The minimum absolute atomic E-state index is 0.0237. The van der Waals surface area contributed by atoms with Gasteiger partial charge in [-0.1, -0.05) is 23.7 Å². The van der Waals surface area contributed by atoms with E-state index in [1.807, 2.05) is 54.4 Å². The van der Waals surface area contributed by atoms with Crippen molar-refractivity contribution < 1.29 is 9.59 Å². The summed E-state index contributed by atoms with van der Waals surface area (Å²) in [5, 5.41) is 3.24. The number of carbonyl (C=O) groups excluding carboxylic acids is 2. The van der Waals surface area contributed by atoms with E-state index in [0.717, 1.165) is 29.7 Å². The van der Waals surface area contributed by atoms with Crippen molar-refractivity contribution in [2.75, 3.05) is 38.6 Å². The van der Waals surface area contributed by atoms with Crippen molar-refractivity contribution in [2.24, 2.45) is 0 Å². The summed E-state index contributed by atoms with van der Waals surface area (Å²) in [4.78, 5) is 36.6. The second-order valence-corrected chi connectivity index (χ2v) is 7.90. The van der Waals surface area contributed by atoms with Gasteiger partial charge in [0.15, 0.2) is 0 Å². The van der Waals surface area contributed by atoms with Crippen LogP contribution >= 0.6 is 11.6 Å². The third-order valence-electron chi connectivity index (χ3n) is 4.99. The van der Waals surface area contributed by atoms with Crippen LogP contribution in [0.5, 0.6) is 0 Å². The molecule has 1 aromatic heterocycles. The zero-order valence-electron chi connectivity index (χ0n) is 17.0. The van der Waals surface area contributed by atoms with Crippen LogP contribution in [0.15, 0.2) is 30.5 Å². The Kier molecular flexibility index (Phi) is 6.69. The molecule has 8 heteroatoms. The fourth-order valence-corrected chi connectivity index (χ4v) is 3.72. The Morgan fingerprint density at radius 1 is 1.34 bits per heavy atom. The van der Waals surface area contributed by atoms with Crippen molar-refractivity contribution in [1.29, 1.82) is 0 Å². The van der Waals surface area contributed by atoms with E-state index >= 15 is 0 Å². The van der Waals surface area contributed by atoms with Crippen LogP contribution in [-0.4, -0.2) is 60.4 Å². The van der Waals surface area contributed by atoms with E-state index in [-0.39, 0.29) is 24.3 Å². The molecule has 154 valence electrons. The highest BCUT2D eigenvalue weighted by Crippen LogP contribution is 2.34. The van der Waals surface area contributed by atoms with Crippen LogP contribution in [0, 0.1) is 0 Å². The first kappa shape index (κ1) is 21.0. The Morgan fingerprint density at radius 3 is 2.83 bits per heavy atom. The summed E-state index contributed by atoms with van der Waals surface area (Å²) in [6.07, 6.45) is 3.65. The second kappa shape index (κ2) is 9.22. The van der Waals surface area contributed by atoms with Crippen LogP contribution in [-0.2, 0) is 9.59 Å². The van der Waals surface area contributed by atoms with Gasteiger partial charge >= 0.3 is 0 Å².